The summed E-state index contributed by atoms with van der Waals surface area (Å²) in [7, 11) is 0. The predicted molar refractivity (Wildman–Crippen MR) is 76.6 cm³/mol. The standard InChI is InChI=1S/C15H19N3/c1-3-18(15-7-8-17-12(2)9-15)11-13-5-4-6-14(16)10-13/h4-10H,3,11,16H2,1-2H3. The SMILES string of the molecule is CCN(Cc1cccc(N)c1)c1ccnc(C)c1. The van der Waals surface area contributed by atoms with E-state index in [1.807, 2.05) is 37.4 Å². The summed E-state index contributed by atoms with van der Waals surface area (Å²) < 4.78 is 0. The largest absolute Gasteiger partial charge is 0.399 e. The molecule has 18 heavy (non-hydrogen) atoms. The summed E-state index contributed by atoms with van der Waals surface area (Å²) in [6.07, 6.45) is 1.85. The summed E-state index contributed by atoms with van der Waals surface area (Å²) in [4.78, 5) is 6.54. The fourth-order valence-corrected chi connectivity index (χ4v) is 2.02. The van der Waals surface area contributed by atoms with Crippen LogP contribution in [0, 0.1) is 6.92 Å². The molecule has 0 atom stereocenters. The fourth-order valence-electron chi connectivity index (χ4n) is 2.02. The predicted octanol–water partition coefficient (Wildman–Crippen LogP) is 3.00. The van der Waals surface area contributed by atoms with Crippen LogP contribution in [0.1, 0.15) is 18.2 Å². The molecule has 1 aromatic carbocycles. The third kappa shape index (κ3) is 3.00. The van der Waals surface area contributed by atoms with Crippen molar-refractivity contribution in [3.63, 3.8) is 0 Å². The minimum atomic E-state index is 0.814. The van der Waals surface area contributed by atoms with Gasteiger partial charge in [0.05, 0.1) is 0 Å². The Kier molecular flexibility index (Phi) is 3.82. The zero-order valence-electron chi connectivity index (χ0n) is 10.9. The van der Waals surface area contributed by atoms with Crippen LogP contribution in [0.4, 0.5) is 11.4 Å². The molecule has 3 nitrogen and oxygen atoms in total. The number of aryl methyl sites for hydroxylation is 1. The van der Waals surface area contributed by atoms with Crippen molar-refractivity contribution in [3.05, 3.63) is 53.9 Å². The van der Waals surface area contributed by atoms with Crippen LogP contribution in [0.2, 0.25) is 0 Å². The van der Waals surface area contributed by atoms with Gasteiger partial charge in [-0.15, -0.1) is 0 Å². The Morgan fingerprint density at radius 1 is 1.22 bits per heavy atom. The molecule has 0 aliphatic carbocycles. The van der Waals surface area contributed by atoms with Gasteiger partial charge in [-0.1, -0.05) is 12.1 Å². The van der Waals surface area contributed by atoms with E-state index in [-0.39, 0.29) is 0 Å². The van der Waals surface area contributed by atoms with Gasteiger partial charge in [-0.05, 0) is 43.7 Å². The first-order chi connectivity index (χ1) is 8.69. The van der Waals surface area contributed by atoms with Gasteiger partial charge in [-0.3, -0.25) is 4.98 Å². The van der Waals surface area contributed by atoms with E-state index in [1.54, 1.807) is 0 Å². The lowest BCUT2D eigenvalue weighted by Gasteiger charge is -2.23. The summed E-state index contributed by atoms with van der Waals surface area (Å²) in [5, 5.41) is 0. The average Bonchev–Trinajstić information content (AvgIpc) is 2.36. The van der Waals surface area contributed by atoms with Crippen molar-refractivity contribution in [2.75, 3.05) is 17.2 Å². The maximum atomic E-state index is 5.81. The molecule has 0 spiro atoms. The minimum absolute atomic E-state index is 0.814. The van der Waals surface area contributed by atoms with E-state index in [9.17, 15) is 0 Å². The molecule has 0 amide bonds. The van der Waals surface area contributed by atoms with E-state index < -0.39 is 0 Å². The van der Waals surface area contributed by atoms with Crippen LogP contribution < -0.4 is 10.6 Å². The number of anilines is 2. The molecule has 0 aliphatic heterocycles. The van der Waals surface area contributed by atoms with Gasteiger partial charge < -0.3 is 10.6 Å². The highest BCUT2D eigenvalue weighted by Crippen LogP contribution is 2.18. The van der Waals surface area contributed by atoms with Crippen molar-refractivity contribution in [2.24, 2.45) is 0 Å². The molecule has 0 bridgehead atoms. The first kappa shape index (κ1) is 12.4. The Balaban J connectivity index is 2.19. The second kappa shape index (κ2) is 5.54. The zero-order chi connectivity index (χ0) is 13.0. The van der Waals surface area contributed by atoms with Crippen molar-refractivity contribution in [3.8, 4) is 0 Å². The highest BCUT2D eigenvalue weighted by atomic mass is 15.1. The number of rotatable bonds is 4. The monoisotopic (exact) mass is 241 g/mol. The van der Waals surface area contributed by atoms with Crippen LogP contribution >= 0.6 is 0 Å². The number of nitrogen functional groups attached to an aromatic ring is 1. The minimum Gasteiger partial charge on any atom is -0.399 e. The maximum absolute atomic E-state index is 5.81. The van der Waals surface area contributed by atoms with Crippen LogP contribution in [-0.2, 0) is 6.54 Å². The molecule has 0 radical (unpaired) electrons. The van der Waals surface area contributed by atoms with Crippen molar-refractivity contribution < 1.29 is 0 Å². The normalized spacial score (nSPS) is 10.3. The number of hydrogen-bond donors (Lipinski definition) is 1. The summed E-state index contributed by atoms with van der Waals surface area (Å²) in [6.45, 7) is 5.99. The molecule has 2 rings (SSSR count). The van der Waals surface area contributed by atoms with Gasteiger partial charge in [-0.2, -0.15) is 0 Å². The molecule has 0 unspecified atom stereocenters. The smallest absolute Gasteiger partial charge is 0.0430 e. The van der Waals surface area contributed by atoms with Crippen molar-refractivity contribution in [2.45, 2.75) is 20.4 Å². The molecular formula is C15H19N3. The van der Waals surface area contributed by atoms with Gasteiger partial charge in [0.1, 0.15) is 0 Å². The number of pyridine rings is 1. The lowest BCUT2D eigenvalue weighted by molar-refractivity contribution is 0.829. The first-order valence-electron chi connectivity index (χ1n) is 6.21. The zero-order valence-corrected chi connectivity index (χ0v) is 10.9. The van der Waals surface area contributed by atoms with E-state index in [4.69, 9.17) is 5.73 Å². The summed E-state index contributed by atoms with van der Waals surface area (Å²) in [5.41, 5.74) is 10.1. The number of nitrogens with zero attached hydrogens (tertiary/aromatic N) is 2. The maximum Gasteiger partial charge on any atom is 0.0430 e. The number of nitrogens with two attached hydrogens (primary N) is 1. The van der Waals surface area contributed by atoms with Crippen LogP contribution in [0.15, 0.2) is 42.6 Å². The summed E-state index contributed by atoms with van der Waals surface area (Å²) in [6, 6.07) is 12.2. The van der Waals surface area contributed by atoms with Crippen molar-refractivity contribution in [1.29, 1.82) is 0 Å². The molecular weight excluding hydrogens is 222 g/mol. The third-order valence-corrected chi connectivity index (χ3v) is 2.95. The topological polar surface area (TPSA) is 42.1 Å². The molecule has 94 valence electrons. The lowest BCUT2D eigenvalue weighted by Crippen LogP contribution is -2.22. The number of hydrogen-bond acceptors (Lipinski definition) is 3. The van der Waals surface area contributed by atoms with E-state index in [0.717, 1.165) is 24.5 Å². The second-order valence-electron chi connectivity index (χ2n) is 4.41. The molecule has 1 heterocycles. The van der Waals surface area contributed by atoms with Crippen LogP contribution in [0.3, 0.4) is 0 Å². The van der Waals surface area contributed by atoms with E-state index in [1.165, 1.54) is 11.3 Å². The van der Waals surface area contributed by atoms with Gasteiger partial charge in [0.2, 0.25) is 0 Å². The van der Waals surface area contributed by atoms with Crippen LogP contribution in [0.5, 0.6) is 0 Å². The molecule has 2 aromatic rings. The molecule has 0 saturated heterocycles. The van der Waals surface area contributed by atoms with Gasteiger partial charge in [-0.25, -0.2) is 0 Å². The van der Waals surface area contributed by atoms with Crippen molar-refractivity contribution >= 4 is 11.4 Å². The molecule has 0 fully saturated rings. The fraction of sp³-hybridized carbons (Fsp3) is 0.267. The lowest BCUT2D eigenvalue weighted by atomic mass is 10.2. The van der Waals surface area contributed by atoms with Crippen LogP contribution in [0.25, 0.3) is 0 Å². The molecule has 0 aliphatic rings. The Bertz CT molecular complexity index is 523. The second-order valence-corrected chi connectivity index (χ2v) is 4.41. The molecule has 3 heteroatoms. The Morgan fingerprint density at radius 3 is 2.72 bits per heavy atom. The Hall–Kier alpha value is -2.03. The van der Waals surface area contributed by atoms with E-state index in [0.29, 0.717) is 0 Å². The Morgan fingerprint density at radius 2 is 2.06 bits per heavy atom. The van der Waals surface area contributed by atoms with Gasteiger partial charge in [0, 0.05) is 36.4 Å². The summed E-state index contributed by atoms with van der Waals surface area (Å²) >= 11 is 0. The Labute approximate surface area is 108 Å². The average molecular weight is 241 g/mol. The molecule has 1 aromatic heterocycles. The number of benzene rings is 1. The number of aromatic nitrogens is 1. The summed E-state index contributed by atoms with van der Waals surface area (Å²) in [5.74, 6) is 0. The van der Waals surface area contributed by atoms with Gasteiger partial charge in [0.25, 0.3) is 0 Å². The molecule has 2 N–H and O–H groups in total. The quantitative estimate of drug-likeness (QED) is 0.837. The molecule has 0 saturated carbocycles. The third-order valence-electron chi connectivity index (χ3n) is 2.95. The van der Waals surface area contributed by atoms with E-state index >= 15 is 0 Å². The van der Waals surface area contributed by atoms with Crippen LogP contribution in [-0.4, -0.2) is 11.5 Å². The van der Waals surface area contributed by atoms with Gasteiger partial charge in [0.15, 0.2) is 0 Å². The highest BCUT2D eigenvalue weighted by molar-refractivity contribution is 5.48. The van der Waals surface area contributed by atoms with E-state index in [2.05, 4.69) is 28.9 Å². The van der Waals surface area contributed by atoms with Crippen molar-refractivity contribution in [1.82, 2.24) is 4.98 Å². The first-order valence-corrected chi connectivity index (χ1v) is 6.21. The van der Waals surface area contributed by atoms with Gasteiger partial charge >= 0.3 is 0 Å². The highest BCUT2D eigenvalue weighted by Gasteiger charge is 2.05.